The fourth-order valence-electron chi connectivity index (χ4n) is 2.06. The molecular weight excluding hydrogens is 316 g/mol. The number of nitrogens with two attached hydrogens (primary N) is 1. The molecule has 0 fully saturated rings. The lowest BCUT2D eigenvalue weighted by atomic mass is 10.2. The van der Waals surface area contributed by atoms with E-state index in [0.717, 1.165) is 34.6 Å². The number of hydrogen-bond acceptors (Lipinski definition) is 4. The predicted octanol–water partition coefficient (Wildman–Crippen LogP) is 3.33. The molecule has 1 heterocycles. The van der Waals surface area contributed by atoms with Crippen molar-refractivity contribution < 1.29 is 0 Å². The maximum atomic E-state index is 5.97. The van der Waals surface area contributed by atoms with Crippen LogP contribution in [0.3, 0.4) is 0 Å². The van der Waals surface area contributed by atoms with Crippen LogP contribution in [0.15, 0.2) is 28.7 Å². The van der Waals surface area contributed by atoms with Gasteiger partial charge in [-0.3, -0.25) is 0 Å². The molecule has 4 nitrogen and oxygen atoms in total. The Kier molecular flexibility index (Phi) is 4.60. The summed E-state index contributed by atoms with van der Waals surface area (Å²) in [6.07, 6.45) is 0.778. The number of nitrogens with zero attached hydrogens (tertiary/aromatic N) is 3. The van der Waals surface area contributed by atoms with Crippen LogP contribution in [0.2, 0.25) is 0 Å². The minimum Gasteiger partial charge on any atom is -0.383 e. The Labute approximate surface area is 128 Å². The van der Waals surface area contributed by atoms with E-state index in [9.17, 15) is 0 Å². The highest BCUT2D eigenvalue weighted by Gasteiger charge is 2.13. The average Bonchev–Trinajstić information content (AvgIpc) is 2.44. The number of aryl methyl sites for hydroxylation is 1. The second-order valence-electron chi connectivity index (χ2n) is 4.77. The molecule has 0 unspecified atom stereocenters. The summed E-state index contributed by atoms with van der Waals surface area (Å²) in [5.74, 6) is 2.23. The number of benzene rings is 1. The van der Waals surface area contributed by atoms with Crippen LogP contribution in [-0.2, 0) is 13.0 Å². The zero-order valence-electron chi connectivity index (χ0n) is 12.0. The number of anilines is 2. The quantitative estimate of drug-likeness (QED) is 0.931. The molecule has 106 valence electrons. The van der Waals surface area contributed by atoms with E-state index in [1.165, 1.54) is 5.56 Å². The molecule has 0 saturated carbocycles. The van der Waals surface area contributed by atoms with Crippen molar-refractivity contribution in [3.05, 3.63) is 45.7 Å². The summed E-state index contributed by atoms with van der Waals surface area (Å²) in [5, 5.41) is 0. The van der Waals surface area contributed by atoms with E-state index in [4.69, 9.17) is 5.73 Å². The van der Waals surface area contributed by atoms with Gasteiger partial charge in [-0.25, -0.2) is 9.97 Å². The van der Waals surface area contributed by atoms with Crippen molar-refractivity contribution in [2.45, 2.75) is 26.8 Å². The van der Waals surface area contributed by atoms with Crippen molar-refractivity contribution in [3.8, 4) is 0 Å². The third kappa shape index (κ3) is 3.10. The topological polar surface area (TPSA) is 55.0 Å². The van der Waals surface area contributed by atoms with Gasteiger partial charge in [0.15, 0.2) is 0 Å². The first-order chi connectivity index (χ1) is 9.52. The zero-order valence-corrected chi connectivity index (χ0v) is 13.6. The van der Waals surface area contributed by atoms with Crippen LogP contribution >= 0.6 is 15.9 Å². The van der Waals surface area contributed by atoms with Crippen LogP contribution in [0.5, 0.6) is 0 Å². The highest BCUT2D eigenvalue weighted by atomic mass is 79.9. The van der Waals surface area contributed by atoms with Gasteiger partial charge in [-0.2, -0.15) is 0 Å². The average molecular weight is 335 g/mol. The van der Waals surface area contributed by atoms with Gasteiger partial charge >= 0.3 is 0 Å². The lowest BCUT2D eigenvalue weighted by molar-refractivity contribution is 0.850. The normalized spacial score (nSPS) is 10.6. The van der Waals surface area contributed by atoms with E-state index in [-0.39, 0.29) is 0 Å². The summed E-state index contributed by atoms with van der Waals surface area (Å²) in [7, 11) is 2.02. The van der Waals surface area contributed by atoms with Crippen molar-refractivity contribution >= 4 is 27.6 Å². The summed E-state index contributed by atoms with van der Waals surface area (Å²) in [6, 6.07) is 8.19. The largest absolute Gasteiger partial charge is 0.383 e. The molecule has 1 aromatic heterocycles. The second-order valence-corrected chi connectivity index (χ2v) is 5.63. The predicted molar refractivity (Wildman–Crippen MR) is 86.8 cm³/mol. The fourth-order valence-corrected chi connectivity index (χ4v) is 2.47. The Balaban J connectivity index is 2.32. The summed E-state index contributed by atoms with van der Waals surface area (Å²) in [4.78, 5) is 11.0. The van der Waals surface area contributed by atoms with Crippen LogP contribution in [0.4, 0.5) is 11.6 Å². The van der Waals surface area contributed by atoms with Crippen molar-refractivity contribution in [1.82, 2.24) is 9.97 Å². The number of rotatable bonds is 4. The van der Waals surface area contributed by atoms with Gasteiger partial charge in [-0.1, -0.05) is 41.1 Å². The summed E-state index contributed by atoms with van der Waals surface area (Å²) < 4.78 is 1.10. The van der Waals surface area contributed by atoms with Gasteiger partial charge in [0.1, 0.15) is 17.5 Å². The Bertz CT molecular complexity index is 613. The van der Waals surface area contributed by atoms with Gasteiger partial charge in [0.2, 0.25) is 0 Å². The molecule has 0 radical (unpaired) electrons. The zero-order chi connectivity index (χ0) is 14.7. The minimum atomic E-state index is 0.561. The molecule has 5 heteroatoms. The highest BCUT2D eigenvalue weighted by Crippen LogP contribution is 2.24. The van der Waals surface area contributed by atoms with Crippen molar-refractivity contribution in [3.63, 3.8) is 0 Å². The third-order valence-electron chi connectivity index (χ3n) is 3.25. The van der Waals surface area contributed by atoms with Crippen LogP contribution < -0.4 is 10.6 Å². The summed E-state index contributed by atoms with van der Waals surface area (Å²) in [5.41, 5.74) is 8.11. The Morgan fingerprint density at radius 3 is 2.60 bits per heavy atom. The van der Waals surface area contributed by atoms with Crippen LogP contribution in [0.1, 0.15) is 23.9 Å². The first-order valence-electron chi connectivity index (χ1n) is 6.60. The van der Waals surface area contributed by atoms with Gasteiger partial charge in [0, 0.05) is 30.0 Å². The molecule has 2 aromatic rings. The molecule has 1 aromatic carbocycles. The molecule has 0 aliphatic heterocycles. The molecule has 0 atom stereocenters. The first-order valence-corrected chi connectivity index (χ1v) is 7.39. The molecule has 0 saturated heterocycles. The maximum absolute atomic E-state index is 5.97. The standard InChI is InChI=1S/C15H19BrN4/c1-4-13-18-14(17)10(2)15(19-13)20(3)9-11-7-5-6-8-12(11)16/h5-8H,4,9H2,1-3H3,(H2,17,18,19). The lowest BCUT2D eigenvalue weighted by Crippen LogP contribution is -2.21. The molecule has 0 aliphatic carbocycles. The fraction of sp³-hybridized carbons (Fsp3) is 0.333. The molecule has 0 amide bonds. The maximum Gasteiger partial charge on any atom is 0.137 e. The Morgan fingerprint density at radius 1 is 1.25 bits per heavy atom. The van der Waals surface area contributed by atoms with Gasteiger partial charge in [-0.05, 0) is 18.6 Å². The third-order valence-corrected chi connectivity index (χ3v) is 4.02. The van der Waals surface area contributed by atoms with E-state index < -0.39 is 0 Å². The van der Waals surface area contributed by atoms with Crippen LogP contribution in [0.25, 0.3) is 0 Å². The SMILES string of the molecule is CCc1nc(N)c(C)c(N(C)Cc2ccccc2Br)n1. The summed E-state index contributed by atoms with van der Waals surface area (Å²) in [6.45, 7) is 4.75. The molecule has 20 heavy (non-hydrogen) atoms. The lowest BCUT2D eigenvalue weighted by Gasteiger charge is -2.22. The van der Waals surface area contributed by atoms with Crippen molar-refractivity contribution in [2.24, 2.45) is 0 Å². The monoisotopic (exact) mass is 334 g/mol. The van der Waals surface area contributed by atoms with Crippen LogP contribution in [-0.4, -0.2) is 17.0 Å². The smallest absolute Gasteiger partial charge is 0.137 e. The molecule has 2 rings (SSSR count). The van der Waals surface area contributed by atoms with Crippen LogP contribution in [0, 0.1) is 6.92 Å². The van der Waals surface area contributed by atoms with E-state index in [0.29, 0.717) is 5.82 Å². The first kappa shape index (κ1) is 14.8. The van der Waals surface area contributed by atoms with Crippen molar-refractivity contribution in [1.29, 1.82) is 0 Å². The van der Waals surface area contributed by atoms with Crippen molar-refractivity contribution in [2.75, 3.05) is 17.7 Å². The number of nitrogen functional groups attached to an aromatic ring is 1. The number of hydrogen-bond donors (Lipinski definition) is 1. The summed E-state index contributed by atoms with van der Waals surface area (Å²) >= 11 is 3.57. The van der Waals surface area contributed by atoms with Gasteiger partial charge in [0.25, 0.3) is 0 Å². The molecule has 0 bridgehead atoms. The Morgan fingerprint density at radius 2 is 1.95 bits per heavy atom. The van der Waals surface area contributed by atoms with E-state index in [1.54, 1.807) is 0 Å². The van der Waals surface area contributed by atoms with E-state index in [1.807, 2.05) is 39.1 Å². The van der Waals surface area contributed by atoms with Gasteiger partial charge in [0.05, 0.1) is 0 Å². The number of aromatic nitrogens is 2. The van der Waals surface area contributed by atoms with Gasteiger partial charge in [-0.15, -0.1) is 0 Å². The van der Waals surface area contributed by atoms with E-state index in [2.05, 4.69) is 36.9 Å². The number of halogens is 1. The molecule has 0 spiro atoms. The second kappa shape index (κ2) is 6.22. The Hall–Kier alpha value is -1.62. The van der Waals surface area contributed by atoms with Gasteiger partial charge < -0.3 is 10.6 Å². The van der Waals surface area contributed by atoms with E-state index >= 15 is 0 Å². The highest BCUT2D eigenvalue weighted by molar-refractivity contribution is 9.10. The molecule has 0 aliphatic rings. The molecular formula is C15H19BrN4. The minimum absolute atomic E-state index is 0.561. The molecule has 2 N–H and O–H groups in total.